The van der Waals surface area contributed by atoms with E-state index in [0.717, 1.165) is 22.9 Å². The Labute approximate surface area is 166 Å². The minimum absolute atomic E-state index is 0.0330. The summed E-state index contributed by atoms with van der Waals surface area (Å²) in [5.74, 6) is -1.53. The smallest absolute Gasteiger partial charge is 0.368 e. The zero-order valence-corrected chi connectivity index (χ0v) is 15.5. The minimum Gasteiger partial charge on any atom is -0.368 e. The molecule has 3 aromatic rings. The van der Waals surface area contributed by atoms with Crippen molar-refractivity contribution < 1.29 is 22.8 Å². The Kier molecular flexibility index (Phi) is 5.41. The van der Waals surface area contributed by atoms with Gasteiger partial charge in [0.05, 0.1) is 23.1 Å². The number of hydrogen-bond acceptors (Lipinski definition) is 5. The number of carbonyl (C=O) groups is 2. The highest BCUT2D eigenvalue weighted by Gasteiger charge is 2.30. The SMILES string of the molecule is Cc1cc(=O)c(C(=O)Nc2cnn(CC(N)=O)c2)nn1-c1cccc(C(F)(F)F)c1. The van der Waals surface area contributed by atoms with Crippen molar-refractivity contribution >= 4 is 17.5 Å². The van der Waals surface area contributed by atoms with Crippen LogP contribution in [-0.2, 0) is 17.5 Å². The average molecular weight is 420 g/mol. The quantitative estimate of drug-likeness (QED) is 0.647. The maximum atomic E-state index is 13.0. The number of hydrogen-bond donors (Lipinski definition) is 2. The van der Waals surface area contributed by atoms with Gasteiger partial charge in [-0.05, 0) is 25.1 Å². The molecule has 0 radical (unpaired) electrons. The summed E-state index contributed by atoms with van der Waals surface area (Å²) in [4.78, 5) is 35.6. The first-order valence-corrected chi connectivity index (χ1v) is 8.45. The zero-order valence-electron chi connectivity index (χ0n) is 15.5. The molecule has 1 aromatic carbocycles. The summed E-state index contributed by atoms with van der Waals surface area (Å²) in [6.45, 7) is 1.27. The van der Waals surface area contributed by atoms with E-state index in [9.17, 15) is 27.6 Å². The number of primary amides is 1. The molecule has 0 saturated carbocycles. The van der Waals surface area contributed by atoms with Gasteiger partial charge in [-0.3, -0.25) is 19.1 Å². The lowest BCUT2D eigenvalue weighted by molar-refractivity contribution is -0.137. The van der Waals surface area contributed by atoms with E-state index in [-0.39, 0.29) is 23.6 Å². The molecule has 0 unspecified atom stereocenters. The molecule has 9 nitrogen and oxygen atoms in total. The number of carbonyl (C=O) groups excluding carboxylic acids is 2. The van der Waals surface area contributed by atoms with Gasteiger partial charge < -0.3 is 11.1 Å². The van der Waals surface area contributed by atoms with Crippen molar-refractivity contribution in [2.45, 2.75) is 19.6 Å². The topological polar surface area (TPSA) is 125 Å². The van der Waals surface area contributed by atoms with Crippen molar-refractivity contribution in [2.75, 3.05) is 5.32 Å². The Bertz CT molecular complexity index is 1180. The fourth-order valence-corrected chi connectivity index (χ4v) is 2.64. The second kappa shape index (κ2) is 7.81. The first-order chi connectivity index (χ1) is 14.0. The number of nitrogens with two attached hydrogens (primary N) is 1. The third-order valence-electron chi connectivity index (χ3n) is 3.95. The Morgan fingerprint density at radius 2 is 1.97 bits per heavy atom. The van der Waals surface area contributed by atoms with Crippen molar-refractivity contribution in [3.8, 4) is 5.69 Å². The van der Waals surface area contributed by atoms with E-state index in [0.29, 0.717) is 0 Å². The van der Waals surface area contributed by atoms with Crippen LogP contribution in [0.15, 0.2) is 47.5 Å². The first kappa shape index (κ1) is 20.8. The number of aromatic nitrogens is 4. The van der Waals surface area contributed by atoms with Crippen LogP contribution in [0.3, 0.4) is 0 Å². The van der Waals surface area contributed by atoms with Gasteiger partial charge in [0.1, 0.15) is 6.54 Å². The summed E-state index contributed by atoms with van der Waals surface area (Å²) in [7, 11) is 0. The molecule has 0 atom stereocenters. The number of rotatable bonds is 5. The molecule has 0 saturated heterocycles. The molecule has 3 rings (SSSR count). The fraction of sp³-hybridized carbons (Fsp3) is 0.167. The van der Waals surface area contributed by atoms with Gasteiger partial charge in [-0.2, -0.15) is 23.4 Å². The summed E-state index contributed by atoms with van der Waals surface area (Å²) < 4.78 is 41.2. The molecule has 0 aliphatic rings. The number of halogens is 3. The molecule has 0 fully saturated rings. The molecule has 0 bridgehead atoms. The first-order valence-electron chi connectivity index (χ1n) is 8.45. The Balaban J connectivity index is 1.93. The summed E-state index contributed by atoms with van der Waals surface area (Å²) in [6, 6.07) is 5.43. The van der Waals surface area contributed by atoms with Crippen molar-refractivity contribution in [1.82, 2.24) is 19.6 Å². The molecule has 2 amide bonds. The monoisotopic (exact) mass is 420 g/mol. The molecule has 2 aromatic heterocycles. The second-order valence-corrected chi connectivity index (χ2v) is 6.31. The summed E-state index contributed by atoms with van der Waals surface area (Å²) >= 11 is 0. The molecule has 0 spiro atoms. The summed E-state index contributed by atoms with van der Waals surface area (Å²) in [6.07, 6.45) is -2.00. The summed E-state index contributed by atoms with van der Waals surface area (Å²) in [5, 5.41) is 10.2. The lowest BCUT2D eigenvalue weighted by Gasteiger charge is -2.13. The van der Waals surface area contributed by atoms with E-state index in [1.54, 1.807) is 0 Å². The highest BCUT2D eigenvalue weighted by atomic mass is 19.4. The highest BCUT2D eigenvalue weighted by Crippen LogP contribution is 2.30. The fourth-order valence-electron chi connectivity index (χ4n) is 2.64. The van der Waals surface area contributed by atoms with E-state index >= 15 is 0 Å². The number of benzene rings is 1. The van der Waals surface area contributed by atoms with Crippen molar-refractivity contribution in [3.05, 3.63) is 69.9 Å². The van der Waals surface area contributed by atoms with Crippen LogP contribution in [0.4, 0.5) is 18.9 Å². The minimum atomic E-state index is -4.56. The highest BCUT2D eigenvalue weighted by molar-refractivity contribution is 6.02. The summed E-state index contributed by atoms with van der Waals surface area (Å²) in [5.41, 5.74) is 3.37. The molecular formula is C18H15F3N6O3. The molecule has 2 heterocycles. The van der Waals surface area contributed by atoms with Gasteiger partial charge in [-0.1, -0.05) is 6.07 Å². The third-order valence-corrected chi connectivity index (χ3v) is 3.95. The number of nitrogens with zero attached hydrogens (tertiary/aromatic N) is 4. The van der Waals surface area contributed by atoms with Gasteiger partial charge in [0.25, 0.3) is 5.91 Å². The lowest BCUT2D eigenvalue weighted by atomic mass is 10.2. The maximum Gasteiger partial charge on any atom is 0.416 e. The lowest BCUT2D eigenvalue weighted by Crippen LogP contribution is -2.27. The number of alkyl halides is 3. The molecule has 30 heavy (non-hydrogen) atoms. The number of amides is 2. The standard InChI is InChI=1S/C18H15F3N6O3/c1-10-5-14(28)16(17(30)24-12-7-23-26(8-12)9-15(22)29)25-27(10)13-4-2-3-11(6-13)18(19,20)21/h2-8H,9H2,1H3,(H2,22,29)(H,24,30). The predicted molar refractivity (Wildman–Crippen MR) is 98.9 cm³/mol. The van der Waals surface area contributed by atoms with Crippen LogP contribution in [0.25, 0.3) is 5.69 Å². The molecule has 0 aliphatic heterocycles. The van der Waals surface area contributed by atoms with Crippen LogP contribution in [0.5, 0.6) is 0 Å². The molecular weight excluding hydrogens is 405 g/mol. The average Bonchev–Trinajstić information content (AvgIpc) is 3.07. The van der Waals surface area contributed by atoms with Gasteiger partial charge in [0.2, 0.25) is 11.3 Å². The van der Waals surface area contributed by atoms with Crippen molar-refractivity contribution in [3.63, 3.8) is 0 Å². The van der Waals surface area contributed by atoms with E-state index in [1.807, 2.05) is 0 Å². The number of aryl methyl sites for hydroxylation is 1. The van der Waals surface area contributed by atoms with Gasteiger partial charge in [0.15, 0.2) is 5.69 Å². The van der Waals surface area contributed by atoms with Crippen LogP contribution in [-0.4, -0.2) is 31.4 Å². The van der Waals surface area contributed by atoms with E-state index in [4.69, 9.17) is 5.73 Å². The third kappa shape index (κ3) is 4.54. The van der Waals surface area contributed by atoms with Crippen molar-refractivity contribution in [2.24, 2.45) is 5.73 Å². The zero-order chi connectivity index (χ0) is 22.1. The maximum absolute atomic E-state index is 13.0. The molecule has 3 N–H and O–H groups in total. The van der Waals surface area contributed by atoms with Crippen LogP contribution in [0.2, 0.25) is 0 Å². The Hall–Kier alpha value is -3.96. The van der Waals surface area contributed by atoms with Gasteiger partial charge in [0, 0.05) is 18.0 Å². The Morgan fingerprint density at radius 3 is 2.63 bits per heavy atom. The molecule has 12 heteroatoms. The van der Waals surface area contributed by atoms with Crippen LogP contribution in [0.1, 0.15) is 21.7 Å². The largest absolute Gasteiger partial charge is 0.416 e. The second-order valence-electron chi connectivity index (χ2n) is 6.31. The number of nitrogens with one attached hydrogen (secondary N) is 1. The molecule has 0 aliphatic carbocycles. The van der Waals surface area contributed by atoms with Gasteiger partial charge in [-0.25, -0.2) is 4.68 Å². The Morgan fingerprint density at radius 1 is 1.23 bits per heavy atom. The van der Waals surface area contributed by atoms with Crippen LogP contribution < -0.4 is 16.5 Å². The van der Waals surface area contributed by atoms with Gasteiger partial charge in [-0.15, -0.1) is 0 Å². The van der Waals surface area contributed by atoms with Crippen molar-refractivity contribution in [1.29, 1.82) is 0 Å². The van der Waals surface area contributed by atoms with E-state index in [2.05, 4.69) is 15.5 Å². The van der Waals surface area contributed by atoms with Crippen LogP contribution in [0, 0.1) is 6.92 Å². The van der Waals surface area contributed by atoms with E-state index < -0.39 is 34.7 Å². The molecule has 156 valence electrons. The number of anilines is 1. The van der Waals surface area contributed by atoms with E-state index in [1.165, 1.54) is 36.1 Å². The van der Waals surface area contributed by atoms with Gasteiger partial charge >= 0.3 is 6.18 Å². The predicted octanol–water partition coefficient (Wildman–Crippen LogP) is 1.49. The van der Waals surface area contributed by atoms with Crippen LogP contribution >= 0.6 is 0 Å². The normalized spacial score (nSPS) is 11.3.